The van der Waals surface area contributed by atoms with Gasteiger partial charge in [-0.1, -0.05) is 42.5 Å². The highest BCUT2D eigenvalue weighted by atomic mass is 14.9. The molecule has 7 rings (SSSR count). The van der Waals surface area contributed by atoms with Gasteiger partial charge in [-0.25, -0.2) is 4.57 Å². The molecule has 0 bridgehead atoms. The van der Waals surface area contributed by atoms with Gasteiger partial charge in [0.05, 0.1) is 5.39 Å². The lowest BCUT2D eigenvalue weighted by atomic mass is 9.94. The number of rotatable bonds is 2. The number of hydrogen-bond donors (Lipinski definition) is 0. The maximum atomic E-state index is 2.60. The van der Waals surface area contributed by atoms with E-state index in [1.165, 1.54) is 77.5 Å². The van der Waals surface area contributed by atoms with E-state index >= 15 is 0 Å². The first-order valence-corrected chi connectivity index (χ1v) is 15.3. The molecule has 3 nitrogen and oxygen atoms in total. The monoisotopic (exact) mass is 572 g/mol. The molecule has 0 N–H and O–H groups in total. The van der Waals surface area contributed by atoms with Crippen LogP contribution in [0.3, 0.4) is 0 Å². The third-order valence-corrected chi connectivity index (χ3v) is 9.03. The Labute approximate surface area is 259 Å². The number of aromatic nitrogens is 3. The van der Waals surface area contributed by atoms with E-state index in [4.69, 9.17) is 0 Å². The van der Waals surface area contributed by atoms with Crippen molar-refractivity contribution in [2.24, 2.45) is 7.05 Å². The van der Waals surface area contributed by atoms with Crippen LogP contribution in [0.25, 0.3) is 55.2 Å². The Morgan fingerprint density at radius 2 is 1.23 bits per heavy atom. The molecule has 0 spiro atoms. The molecule has 0 amide bonds. The minimum absolute atomic E-state index is 1.16. The molecule has 0 saturated heterocycles. The molecule has 0 unspecified atom stereocenters. The number of hydrogen-bond acceptors (Lipinski definition) is 0. The molecule has 4 heterocycles. The van der Waals surface area contributed by atoms with E-state index in [0.717, 1.165) is 5.52 Å². The predicted octanol–water partition coefficient (Wildman–Crippen LogP) is 8.30. The summed E-state index contributed by atoms with van der Waals surface area (Å²) in [5.41, 5.74) is 14.7. The second-order valence-corrected chi connectivity index (χ2v) is 12.1. The van der Waals surface area contributed by atoms with E-state index in [-0.39, 0.29) is 0 Å². The number of aryl methyl sites for hydroxylation is 6. The van der Waals surface area contributed by atoms with Crippen molar-refractivity contribution < 1.29 is 13.4 Å². The van der Waals surface area contributed by atoms with Crippen molar-refractivity contribution >= 4 is 32.7 Å². The van der Waals surface area contributed by atoms with Gasteiger partial charge in [-0.2, -0.15) is 8.80 Å². The molecule has 0 radical (unpaired) electrons. The molecule has 214 valence electrons. The van der Waals surface area contributed by atoms with Gasteiger partial charge in [0.1, 0.15) is 18.0 Å². The van der Waals surface area contributed by atoms with E-state index in [0.29, 0.717) is 0 Å². The van der Waals surface area contributed by atoms with Gasteiger partial charge >= 0.3 is 0 Å². The van der Waals surface area contributed by atoms with Crippen molar-refractivity contribution in [3.05, 3.63) is 150 Å². The number of benzene rings is 3. The maximum Gasteiger partial charge on any atom is 0.240 e. The van der Waals surface area contributed by atoms with Crippen LogP contribution in [0.5, 0.6) is 0 Å². The van der Waals surface area contributed by atoms with E-state index < -0.39 is 0 Å². The number of fused-ring (bicyclic) bond motifs is 7. The third kappa shape index (κ3) is 4.39. The smallest absolute Gasteiger partial charge is 0.201 e. The Kier molecular flexibility index (Phi) is 6.82. The number of nitrogens with zero attached hydrogens (tertiary/aromatic N) is 3. The molecule has 44 heavy (non-hydrogen) atoms. The van der Waals surface area contributed by atoms with Crippen LogP contribution < -0.4 is 13.4 Å². The van der Waals surface area contributed by atoms with Gasteiger partial charge in [-0.15, -0.1) is 0 Å². The van der Waals surface area contributed by atoms with Gasteiger partial charge in [0.2, 0.25) is 27.9 Å². The SMILES string of the molecule is Cc1ccccc1-c1c(C)cc(C)c2c3ccccc3cc[n+]3ccccc3c3c(C)cc(C)c(-c4cccc[n+]4C)c3[n+]12. The molecule has 0 saturated carbocycles. The largest absolute Gasteiger partial charge is 0.240 e. The highest BCUT2D eigenvalue weighted by molar-refractivity contribution is 6.02. The quantitative estimate of drug-likeness (QED) is 0.185. The average molecular weight is 573 g/mol. The zero-order chi connectivity index (χ0) is 30.5. The molecule has 0 atom stereocenters. The fourth-order valence-electron chi connectivity index (χ4n) is 7.09. The van der Waals surface area contributed by atoms with Crippen LogP contribution in [-0.2, 0) is 7.05 Å². The summed E-state index contributed by atoms with van der Waals surface area (Å²) in [6.45, 7) is 11.3. The van der Waals surface area contributed by atoms with E-state index in [1.807, 2.05) is 0 Å². The average Bonchev–Trinajstić information content (AvgIpc) is 3.01. The minimum Gasteiger partial charge on any atom is -0.201 e. The van der Waals surface area contributed by atoms with Crippen molar-refractivity contribution in [1.82, 2.24) is 0 Å². The summed E-state index contributed by atoms with van der Waals surface area (Å²) in [6.07, 6.45) is 6.52. The molecule has 4 aromatic heterocycles. The Morgan fingerprint density at radius 1 is 0.523 bits per heavy atom. The summed E-state index contributed by atoms with van der Waals surface area (Å²) in [7, 11) is 2.15. The molecule has 0 aliphatic carbocycles. The minimum atomic E-state index is 1.16. The van der Waals surface area contributed by atoms with Crippen molar-refractivity contribution in [2.75, 3.05) is 0 Å². The fourth-order valence-corrected chi connectivity index (χ4v) is 7.09. The summed E-state index contributed by atoms with van der Waals surface area (Å²) in [4.78, 5) is 0. The van der Waals surface area contributed by atoms with Crippen LogP contribution in [0.4, 0.5) is 0 Å². The van der Waals surface area contributed by atoms with Crippen molar-refractivity contribution in [3.8, 4) is 22.5 Å². The lowest BCUT2D eigenvalue weighted by Crippen LogP contribution is -2.33. The molecule has 0 fully saturated rings. The van der Waals surface area contributed by atoms with Gasteiger partial charge in [-0.3, -0.25) is 0 Å². The van der Waals surface area contributed by atoms with Gasteiger partial charge in [0.15, 0.2) is 18.6 Å². The normalized spacial score (nSPS) is 11.4. The standard InChI is InChI=1S/C41H38N3/c1-27-15-7-9-17-33(27)39-30(4)26-31(5)40-34-18-10-8-16-32(34)21-24-43-23-14-12-20-36(43)38-29(3)25-28(2)37(41(38)44(39)40)35-19-11-13-22-42(35)6/h7-26H,1-6H3/q+3. The van der Waals surface area contributed by atoms with Crippen LogP contribution in [0, 0.1) is 34.6 Å². The molecule has 3 aromatic carbocycles. The van der Waals surface area contributed by atoms with Crippen molar-refractivity contribution in [3.63, 3.8) is 0 Å². The molecule has 3 heteroatoms. The van der Waals surface area contributed by atoms with Crippen molar-refractivity contribution in [2.45, 2.75) is 34.6 Å². The van der Waals surface area contributed by atoms with Crippen LogP contribution in [0.15, 0.2) is 122 Å². The first-order valence-electron chi connectivity index (χ1n) is 15.3. The lowest BCUT2D eigenvalue weighted by Gasteiger charge is -2.14. The van der Waals surface area contributed by atoms with Crippen LogP contribution in [-0.4, -0.2) is 0 Å². The van der Waals surface area contributed by atoms with E-state index in [1.54, 1.807) is 0 Å². The summed E-state index contributed by atoms with van der Waals surface area (Å²) >= 11 is 0. The van der Waals surface area contributed by atoms with E-state index in [2.05, 4.69) is 177 Å². The zero-order valence-electron chi connectivity index (χ0n) is 26.4. The molecule has 0 aliphatic heterocycles. The summed E-state index contributed by atoms with van der Waals surface area (Å²) in [6, 6.07) is 37.6. The molecule has 0 aliphatic rings. The second kappa shape index (κ2) is 10.8. The third-order valence-electron chi connectivity index (χ3n) is 9.03. The van der Waals surface area contributed by atoms with Crippen LogP contribution in [0.2, 0.25) is 0 Å². The first-order chi connectivity index (χ1) is 21.3. The summed E-state index contributed by atoms with van der Waals surface area (Å²) in [5, 5.41) is 3.63. The van der Waals surface area contributed by atoms with Crippen LogP contribution in [0.1, 0.15) is 27.8 Å². The highest BCUT2D eigenvalue weighted by Crippen LogP contribution is 2.35. The number of pyridine rings is 3. The summed E-state index contributed by atoms with van der Waals surface area (Å²) < 4.78 is 7.12. The summed E-state index contributed by atoms with van der Waals surface area (Å²) in [5.74, 6) is 0. The molecular formula is C41H38N3+3. The second-order valence-electron chi connectivity index (χ2n) is 12.1. The maximum absolute atomic E-state index is 2.60. The van der Waals surface area contributed by atoms with Crippen molar-refractivity contribution in [1.29, 1.82) is 0 Å². The molecular weight excluding hydrogens is 534 g/mol. The van der Waals surface area contributed by atoms with Gasteiger partial charge in [0, 0.05) is 47.0 Å². The van der Waals surface area contributed by atoms with Gasteiger partial charge < -0.3 is 0 Å². The predicted molar refractivity (Wildman–Crippen MR) is 181 cm³/mol. The van der Waals surface area contributed by atoms with Crippen LogP contribution >= 0.6 is 0 Å². The fraction of sp³-hybridized carbons (Fsp3) is 0.146. The zero-order valence-corrected chi connectivity index (χ0v) is 26.4. The Hall–Kier alpha value is -5.15. The van der Waals surface area contributed by atoms with Gasteiger partial charge in [0.25, 0.3) is 0 Å². The Morgan fingerprint density at radius 3 is 2.05 bits per heavy atom. The Bertz CT molecular complexity index is 2180. The Balaban J connectivity index is 2.00. The first kappa shape index (κ1) is 27.7. The van der Waals surface area contributed by atoms with E-state index in [9.17, 15) is 0 Å². The molecule has 7 aromatic rings. The lowest BCUT2D eigenvalue weighted by molar-refractivity contribution is -0.660. The van der Waals surface area contributed by atoms with Gasteiger partial charge in [-0.05, 0) is 87.0 Å². The topological polar surface area (TPSA) is 12.1 Å². The highest BCUT2D eigenvalue weighted by Gasteiger charge is 2.30.